The first-order valence-corrected chi connectivity index (χ1v) is 22.8. The number of carbonyl (C=O) groups excluding carboxylic acids is 4. The SMILES string of the molecule is CCOc1cc(-c2oc3cc(O[C@@H]4OC(COC(=O)c5ccccc5)[C@@H](OC(=O)c5ccccc5)C(OC(=O)c5ccccc5)[C@@H]4OC(=O)c4ccccc4)cc(OCC)c3c(=O)c2OCC)ccc1O. The smallest absolute Gasteiger partial charge is 0.338 e. The Hall–Kier alpha value is -8.63. The first kappa shape index (κ1) is 48.8. The third-order valence-corrected chi connectivity index (χ3v) is 11.0. The molecule has 0 saturated carbocycles. The second-order valence-corrected chi connectivity index (χ2v) is 15.7. The topological polar surface area (TPSA) is 202 Å². The van der Waals surface area contributed by atoms with Crippen LogP contribution in [-0.4, -0.2) is 86.1 Å². The Balaban J connectivity index is 1.28. The molecule has 5 atom stereocenters. The van der Waals surface area contributed by atoms with E-state index in [1.807, 2.05) is 0 Å². The summed E-state index contributed by atoms with van der Waals surface area (Å²) < 4.78 is 61.5. The maximum atomic E-state index is 14.5. The average molecular weight is 965 g/mol. The standard InChI is InChI=1S/C55H48O16/c1-4-62-40-29-37(27-28-39(40)56)46-48(64-6-3)45(57)44-41(63-5-2)30-38(31-42(44)67-46)66-55-50(71-54(61)36-25-17-10-18-26-36)49(70-53(60)35-23-15-9-16-24-35)47(69-52(59)34-21-13-8-14-22-34)43(68-55)32-65-51(58)33-19-11-7-12-20-33/h7-31,43,47,49-50,55-56H,4-6,32H2,1-3H3/t43?,47-,49?,50+,55-/m1/s1. The lowest BCUT2D eigenvalue weighted by atomic mass is 9.97. The second-order valence-electron chi connectivity index (χ2n) is 15.7. The Bertz CT molecular complexity index is 3030. The maximum absolute atomic E-state index is 14.5. The van der Waals surface area contributed by atoms with E-state index in [0.717, 1.165) is 0 Å². The number of hydrogen-bond acceptors (Lipinski definition) is 16. The van der Waals surface area contributed by atoms with Crippen LogP contribution in [0.5, 0.6) is 28.7 Å². The van der Waals surface area contributed by atoms with E-state index in [0.29, 0.717) is 5.56 Å². The van der Waals surface area contributed by atoms with Crippen molar-refractivity contribution in [2.75, 3.05) is 26.4 Å². The van der Waals surface area contributed by atoms with Crippen LogP contribution in [0.3, 0.4) is 0 Å². The summed E-state index contributed by atoms with van der Waals surface area (Å²) >= 11 is 0. The van der Waals surface area contributed by atoms with Crippen LogP contribution in [-0.2, 0) is 23.7 Å². The van der Waals surface area contributed by atoms with Gasteiger partial charge >= 0.3 is 23.9 Å². The van der Waals surface area contributed by atoms with Gasteiger partial charge in [-0.2, -0.15) is 0 Å². The third kappa shape index (κ3) is 11.3. The van der Waals surface area contributed by atoms with E-state index < -0.39 is 66.6 Å². The third-order valence-electron chi connectivity index (χ3n) is 11.0. The van der Waals surface area contributed by atoms with Gasteiger partial charge in [0, 0.05) is 17.7 Å². The Labute approximate surface area is 407 Å². The van der Waals surface area contributed by atoms with Crippen molar-refractivity contribution in [1.29, 1.82) is 0 Å². The van der Waals surface area contributed by atoms with Crippen molar-refractivity contribution < 1.29 is 71.3 Å². The second kappa shape index (κ2) is 22.7. The van der Waals surface area contributed by atoms with Crippen molar-refractivity contribution in [3.05, 3.63) is 184 Å². The minimum absolute atomic E-state index is 0.00525. The molecule has 16 heteroatoms. The molecule has 0 aliphatic carbocycles. The predicted molar refractivity (Wildman–Crippen MR) is 256 cm³/mol. The average Bonchev–Trinajstić information content (AvgIpc) is 3.39. The highest BCUT2D eigenvalue weighted by atomic mass is 16.7. The van der Waals surface area contributed by atoms with Crippen LogP contribution in [0.1, 0.15) is 62.2 Å². The lowest BCUT2D eigenvalue weighted by molar-refractivity contribution is -0.275. The van der Waals surface area contributed by atoms with Crippen LogP contribution < -0.4 is 24.4 Å². The number of phenols is 1. The van der Waals surface area contributed by atoms with Crippen molar-refractivity contribution in [2.45, 2.75) is 51.5 Å². The van der Waals surface area contributed by atoms with E-state index in [9.17, 15) is 29.1 Å². The molecule has 1 N–H and O–H groups in total. The Morgan fingerprint density at radius 1 is 0.549 bits per heavy atom. The Morgan fingerprint density at radius 2 is 1.04 bits per heavy atom. The molecule has 0 spiro atoms. The summed E-state index contributed by atoms with van der Waals surface area (Å²) in [5.74, 6) is -3.65. The van der Waals surface area contributed by atoms with Crippen LogP contribution in [0.4, 0.5) is 0 Å². The fraction of sp³-hybridized carbons (Fsp3) is 0.218. The van der Waals surface area contributed by atoms with E-state index in [2.05, 4.69) is 0 Å². The summed E-state index contributed by atoms with van der Waals surface area (Å²) in [5, 5.41) is 10.5. The number of fused-ring (bicyclic) bond motifs is 1. The lowest BCUT2D eigenvalue weighted by Crippen LogP contribution is -2.63. The molecule has 0 amide bonds. The number of ether oxygens (including phenoxy) is 9. The van der Waals surface area contributed by atoms with Gasteiger partial charge in [-0.1, -0.05) is 72.8 Å². The zero-order valence-corrected chi connectivity index (χ0v) is 38.7. The molecule has 6 aromatic carbocycles. The van der Waals surface area contributed by atoms with Crippen LogP contribution in [0.15, 0.2) is 161 Å². The van der Waals surface area contributed by atoms with E-state index in [-0.39, 0.29) is 87.6 Å². The predicted octanol–water partition coefficient (Wildman–Crippen LogP) is 9.00. The fourth-order valence-corrected chi connectivity index (χ4v) is 7.73. The van der Waals surface area contributed by atoms with Gasteiger partial charge in [0.2, 0.25) is 23.6 Å². The molecular formula is C55H48O16. The largest absolute Gasteiger partial charge is 0.504 e. The van der Waals surface area contributed by atoms with Crippen LogP contribution in [0, 0.1) is 0 Å². The molecule has 2 heterocycles. The quantitative estimate of drug-likeness (QED) is 0.0630. The highest BCUT2D eigenvalue weighted by Crippen LogP contribution is 2.41. The van der Waals surface area contributed by atoms with Crippen molar-refractivity contribution in [3.63, 3.8) is 0 Å². The summed E-state index contributed by atoms with van der Waals surface area (Å²) in [6.07, 6.45) is -8.32. The molecule has 1 fully saturated rings. The number of benzene rings is 6. The number of carbonyl (C=O) groups is 4. The van der Waals surface area contributed by atoms with Gasteiger partial charge in [0.15, 0.2) is 29.5 Å². The lowest BCUT2D eigenvalue weighted by Gasteiger charge is -2.44. The summed E-state index contributed by atoms with van der Waals surface area (Å²) in [7, 11) is 0. The molecule has 7 aromatic rings. The van der Waals surface area contributed by atoms with Crippen molar-refractivity contribution in [1.82, 2.24) is 0 Å². The highest BCUT2D eigenvalue weighted by Gasteiger charge is 2.54. The normalized spacial score (nSPS) is 17.3. The first-order valence-electron chi connectivity index (χ1n) is 22.8. The zero-order chi connectivity index (χ0) is 49.9. The number of hydrogen-bond donors (Lipinski definition) is 1. The number of phenolic OH excluding ortho intramolecular Hbond substituents is 1. The van der Waals surface area contributed by atoms with E-state index in [4.69, 9.17) is 47.0 Å². The highest BCUT2D eigenvalue weighted by molar-refractivity contribution is 5.92. The number of esters is 4. The molecule has 71 heavy (non-hydrogen) atoms. The first-order chi connectivity index (χ1) is 34.6. The molecule has 0 bridgehead atoms. The molecule has 1 saturated heterocycles. The van der Waals surface area contributed by atoms with E-state index in [1.165, 1.54) is 66.7 Å². The molecule has 1 aliphatic heterocycles. The van der Waals surface area contributed by atoms with Crippen molar-refractivity contribution >= 4 is 34.8 Å². The van der Waals surface area contributed by atoms with Crippen molar-refractivity contribution in [3.8, 4) is 40.1 Å². The molecule has 16 nitrogen and oxygen atoms in total. The van der Waals surface area contributed by atoms with Gasteiger partial charge in [0.25, 0.3) is 0 Å². The van der Waals surface area contributed by atoms with Gasteiger partial charge in [-0.15, -0.1) is 0 Å². The maximum Gasteiger partial charge on any atom is 0.338 e. The van der Waals surface area contributed by atoms with Crippen LogP contribution in [0.25, 0.3) is 22.3 Å². The minimum Gasteiger partial charge on any atom is -0.504 e. The fourth-order valence-electron chi connectivity index (χ4n) is 7.73. The Kier molecular flexibility index (Phi) is 15.6. The summed E-state index contributed by atoms with van der Waals surface area (Å²) in [6, 6.07) is 39.2. The van der Waals surface area contributed by atoms with Gasteiger partial charge in [-0.25, -0.2) is 19.2 Å². The van der Waals surface area contributed by atoms with Gasteiger partial charge in [0.1, 0.15) is 35.2 Å². The van der Waals surface area contributed by atoms with E-state index >= 15 is 0 Å². The summed E-state index contributed by atoms with van der Waals surface area (Å²) in [6.45, 7) is 4.96. The van der Waals surface area contributed by atoms with Crippen LogP contribution in [0.2, 0.25) is 0 Å². The molecule has 1 aromatic heterocycles. The molecule has 8 rings (SSSR count). The van der Waals surface area contributed by atoms with Gasteiger partial charge < -0.3 is 52.2 Å². The molecule has 0 radical (unpaired) electrons. The van der Waals surface area contributed by atoms with E-state index in [1.54, 1.807) is 106 Å². The monoisotopic (exact) mass is 964 g/mol. The summed E-state index contributed by atoms with van der Waals surface area (Å²) in [4.78, 5) is 70.3. The number of aromatic hydroxyl groups is 1. The van der Waals surface area contributed by atoms with Gasteiger partial charge in [0.05, 0.1) is 42.1 Å². The minimum atomic E-state index is -1.75. The molecule has 364 valence electrons. The Morgan fingerprint density at radius 3 is 1.58 bits per heavy atom. The van der Waals surface area contributed by atoms with Crippen molar-refractivity contribution in [2.24, 2.45) is 0 Å². The van der Waals surface area contributed by atoms with Gasteiger partial charge in [-0.05, 0) is 87.5 Å². The zero-order valence-electron chi connectivity index (χ0n) is 38.7. The molecule has 2 unspecified atom stereocenters. The summed E-state index contributed by atoms with van der Waals surface area (Å²) in [5.41, 5.74) is 0.194. The number of rotatable bonds is 18. The van der Waals surface area contributed by atoms with Crippen LogP contribution >= 0.6 is 0 Å². The molecular weight excluding hydrogens is 917 g/mol. The van der Waals surface area contributed by atoms with Gasteiger partial charge in [-0.3, -0.25) is 4.79 Å². The molecule has 1 aliphatic rings.